The molecule has 0 saturated heterocycles. The zero-order valence-corrected chi connectivity index (χ0v) is 8.18. The second kappa shape index (κ2) is 4.98. The summed E-state index contributed by atoms with van der Waals surface area (Å²) in [7, 11) is 1.71. The summed E-state index contributed by atoms with van der Waals surface area (Å²) in [5.74, 6) is 0. The minimum atomic E-state index is -0.423. The Labute approximate surface area is 73.7 Å². The van der Waals surface area contributed by atoms with Gasteiger partial charge in [-0.3, -0.25) is 0 Å². The van der Waals surface area contributed by atoms with Crippen LogP contribution in [0.2, 0.25) is 0 Å². The van der Waals surface area contributed by atoms with Gasteiger partial charge in [0, 0.05) is 6.54 Å². The van der Waals surface area contributed by atoms with Gasteiger partial charge in [-0.05, 0) is 20.8 Å². The number of rotatable bonds is 3. The fourth-order valence-electron chi connectivity index (χ4n) is 0.584. The lowest BCUT2D eigenvalue weighted by Crippen LogP contribution is -2.33. The van der Waals surface area contributed by atoms with E-state index >= 15 is 0 Å². The highest BCUT2D eigenvalue weighted by atomic mass is 16.6. The smallest absolute Gasteiger partial charge is 0.407 e. The standard InChI is InChI=1S/C8H17N2O2/c1-8(2,3)12-7(11)10-6-5-9-4/h5-6H2,1-4H3,(H,10,11)/q-1. The molecule has 0 bridgehead atoms. The minimum absolute atomic E-state index is 0.383. The van der Waals surface area contributed by atoms with E-state index in [1.54, 1.807) is 7.05 Å². The Balaban J connectivity index is 3.47. The zero-order valence-electron chi connectivity index (χ0n) is 8.18. The van der Waals surface area contributed by atoms with E-state index in [0.717, 1.165) is 0 Å². The van der Waals surface area contributed by atoms with Gasteiger partial charge >= 0.3 is 6.09 Å². The van der Waals surface area contributed by atoms with Crippen LogP contribution in [0.25, 0.3) is 5.32 Å². The molecular formula is C8H17N2O2-. The van der Waals surface area contributed by atoms with E-state index < -0.39 is 5.60 Å². The number of amides is 1. The number of hydrogen-bond acceptors (Lipinski definition) is 2. The average Bonchev–Trinajstić information content (AvgIpc) is 1.84. The van der Waals surface area contributed by atoms with Crippen molar-refractivity contribution >= 4 is 6.09 Å². The maximum atomic E-state index is 11.0. The van der Waals surface area contributed by atoms with Crippen molar-refractivity contribution in [1.82, 2.24) is 5.32 Å². The molecule has 0 spiro atoms. The Morgan fingerprint density at radius 3 is 2.50 bits per heavy atom. The molecule has 12 heavy (non-hydrogen) atoms. The highest BCUT2D eigenvalue weighted by molar-refractivity contribution is 5.67. The first-order valence-electron chi connectivity index (χ1n) is 3.98. The summed E-state index contributed by atoms with van der Waals surface area (Å²) in [4.78, 5) is 11.0. The molecule has 0 fully saturated rings. The zero-order chi connectivity index (χ0) is 9.61. The third-order valence-electron chi connectivity index (χ3n) is 1.00. The third-order valence-corrected chi connectivity index (χ3v) is 1.00. The molecule has 0 radical (unpaired) electrons. The predicted molar refractivity (Wildman–Crippen MR) is 48.4 cm³/mol. The molecule has 0 aliphatic rings. The van der Waals surface area contributed by atoms with E-state index in [9.17, 15) is 4.79 Å². The molecule has 0 saturated carbocycles. The molecule has 0 aliphatic heterocycles. The van der Waals surface area contributed by atoms with Gasteiger partial charge in [-0.25, -0.2) is 4.79 Å². The lowest BCUT2D eigenvalue weighted by Gasteiger charge is -2.20. The number of carbonyl (C=O) groups excluding carboxylic acids is 1. The second-order valence-corrected chi connectivity index (χ2v) is 3.47. The van der Waals surface area contributed by atoms with Crippen LogP contribution in [0.1, 0.15) is 20.8 Å². The van der Waals surface area contributed by atoms with Gasteiger partial charge in [0.15, 0.2) is 0 Å². The molecule has 0 rings (SSSR count). The lowest BCUT2D eigenvalue weighted by molar-refractivity contribution is 0.0530. The number of likely N-dealkylation sites (N-methyl/N-ethyl adjacent to an activating group) is 1. The van der Waals surface area contributed by atoms with Crippen LogP contribution in [-0.4, -0.2) is 31.8 Å². The van der Waals surface area contributed by atoms with Crippen LogP contribution >= 0.6 is 0 Å². The maximum absolute atomic E-state index is 11.0. The molecule has 0 unspecified atom stereocenters. The van der Waals surface area contributed by atoms with Crippen molar-refractivity contribution in [2.24, 2.45) is 0 Å². The van der Waals surface area contributed by atoms with Crippen molar-refractivity contribution in [3.8, 4) is 0 Å². The van der Waals surface area contributed by atoms with Gasteiger partial charge in [0.1, 0.15) is 5.60 Å². The Morgan fingerprint density at radius 2 is 2.08 bits per heavy atom. The minimum Gasteiger partial charge on any atom is -0.664 e. The average molecular weight is 173 g/mol. The van der Waals surface area contributed by atoms with E-state index in [1.165, 1.54) is 0 Å². The van der Waals surface area contributed by atoms with Gasteiger partial charge in [0.2, 0.25) is 0 Å². The largest absolute Gasteiger partial charge is 0.664 e. The monoisotopic (exact) mass is 173 g/mol. The summed E-state index contributed by atoms with van der Waals surface area (Å²) in [6.45, 7) is 6.65. The molecule has 0 aromatic heterocycles. The number of hydrogen-bond donors (Lipinski definition) is 1. The number of nitrogens with one attached hydrogen (secondary N) is 1. The Morgan fingerprint density at radius 1 is 1.50 bits per heavy atom. The second-order valence-electron chi connectivity index (χ2n) is 3.47. The topological polar surface area (TPSA) is 52.4 Å². The normalized spacial score (nSPS) is 11.0. The summed E-state index contributed by atoms with van der Waals surface area (Å²) in [5, 5.41) is 6.42. The first-order valence-corrected chi connectivity index (χ1v) is 3.98. The molecule has 0 aromatic carbocycles. The molecule has 72 valence electrons. The van der Waals surface area contributed by atoms with E-state index in [1.807, 2.05) is 20.8 Å². The first kappa shape index (κ1) is 11.2. The van der Waals surface area contributed by atoms with Crippen molar-refractivity contribution < 1.29 is 9.53 Å². The van der Waals surface area contributed by atoms with Gasteiger partial charge in [-0.2, -0.15) is 7.05 Å². The SMILES string of the molecule is C[N-]CCNC(=O)OC(C)(C)C. The van der Waals surface area contributed by atoms with Crippen molar-refractivity contribution in [1.29, 1.82) is 0 Å². The molecule has 0 aliphatic carbocycles. The number of carbonyl (C=O) groups is 1. The Hall–Kier alpha value is -0.770. The molecular weight excluding hydrogens is 156 g/mol. The van der Waals surface area contributed by atoms with Crippen LogP contribution in [0, 0.1) is 0 Å². The molecule has 0 atom stereocenters. The summed E-state index contributed by atoms with van der Waals surface area (Å²) < 4.78 is 4.99. The molecule has 4 heteroatoms. The van der Waals surface area contributed by atoms with E-state index in [4.69, 9.17) is 4.74 Å². The van der Waals surface area contributed by atoms with Crippen molar-refractivity contribution in [2.45, 2.75) is 26.4 Å². The summed E-state index contributed by atoms with van der Waals surface area (Å²) >= 11 is 0. The van der Waals surface area contributed by atoms with Gasteiger partial charge in [0.05, 0.1) is 0 Å². The number of alkyl carbamates (subject to hydrolysis) is 1. The third kappa shape index (κ3) is 7.34. The first-order chi connectivity index (χ1) is 5.45. The van der Waals surface area contributed by atoms with Crippen LogP contribution in [0.4, 0.5) is 4.79 Å². The summed E-state index contributed by atoms with van der Waals surface area (Å²) in [5.41, 5.74) is -0.423. The van der Waals surface area contributed by atoms with Crippen LogP contribution in [0.5, 0.6) is 0 Å². The van der Waals surface area contributed by atoms with Crippen molar-refractivity contribution in [2.75, 3.05) is 20.1 Å². The Kier molecular flexibility index (Phi) is 4.66. The quantitative estimate of drug-likeness (QED) is 0.658. The fraction of sp³-hybridized carbons (Fsp3) is 0.875. The van der Waals surface area contributed by atoms with Gasteiger partial charge < -0.3 is 15.4 Å². The Bertz CT molecular complexity index is 140. The molecule has 0 aromatic rings. The molecule has 1 amide bonds. The number of nitrogens with zero attached hydrogens (tertiary/aromatic N) is 1. The van der Waals surface area contributed by atoms with E-state index in [-0.39, 0.29) is 6.09 Å². The van der Waals surface area contributed by atoms with Crippen LogP contribution in [-0.2, 0) is 4.74 Å². The van der Waals surface area contributed by atoms with Crippen LogP contribution < -0.4 is 5.32 Å². The van der Waals surface area contributed by atoms with Gasteiger partial charge in [-0.1, -0.05) is 0 Å². The van der Waals surface area contributed by atoms with Gasteiger partial charge in [0.25, 0.3) is 0 Å². The van der Waals surface area contributed by atoms with E-state index in [0.29, 0.717) is 13.1 Å². The van der Waals surface area contributed by atoms with Crippen LogP contribution in [0.3, 0.4) is 0 Å². The number of ether oxygens (including phenoxy) is 1. The highest BCUT2D eigenvalue weighted by Gasteiger charge is 2.14. The van der Waals surface area contributed by atoms with Crippen LogP contribution in [0.15, 0.2) is 0 Å². The summed E-state index contributed by atoms with van der Waals surface area (Å²) in [6.07, 6.45) is -0.383. The fourth-order valence-corrected chi connectivity index (χ4v) is 0.584. The lowest BCUT2D eigenvalue weighted by atomic mass is 10.2. The molecule has 4 nitrogen and oxygen atoms in total. The molecule has 1 N–H and O–H groups in total. The van der Waals surface area contributed by atoms with Gasteiger partial charge in [-0.15, -0.1) is 6.54 Å². The highest BCUT2D eigenvalue weighted by Crippen LogP contribution is 2.05. The van der Waals surface area contributed by atoms with E-state index in [2.05, 4.69) is 10.6 Å². The predicted octanol–water partition coefficient (Wildman–Crippen LogP) is 1.51. The van der Waals surface area contributed by atoms with Crippen molar-refractivity contribution in [3.63, 3.8) is 0 Å². The molecule has 0 heterocycles. The maximum Gasteiger partial charge on any atom is 0.407 e. The summed E-state index contributed by atoms with van der Waals surface area (Å²) in [6, 6.07) is 0. The van der Waals surface area contributed by atoms with Crippen molar-refractivity contribution in [3.05, 3.63) is 5.32 Å².